The van der Waals surface area contributed by atoms with E-state index in [0.717, 1.165) is 47.6 Å². The van der Waals surface area contributed by atoms with Crippen LogP contribution < -0.4 is 0 Å². The fraction of sp³-hybridized carbons (Fsp3) is 0.857. The number of allylic oxidation sites excluding steroid dienone is 2. The summed E-state index contributed by atoms with van der Waals surface area (Å²) in [5, 5.41) is 22.8. The Kier molecular flexibility index (Phi) is 3.13. The SMILES string of the molecule is C[C@@H]1CC2=C/C(=N\O)CC[C@@H]2[C@H]2CC[C@@]3(C)[C@H](C[C@@H]4C[C@@]43CO)[C@@H]21. The van der Waals surface area contributed by atoms with Crippen LogP contribution in [0.2, 0.25) is 0 Å². The van der Waals surface area contributed by atoms with Gasteiger partial charge in [-0.25, -0.2) is 0 Å². The molecule has 0 heterocycles. The molecule has 0 unspecified atom stereocenters. The second kappa shape index (κ2) is 4.87. The van der Waals surface area contributed by atoms with Crippen LogP contribution >= 0.6 is 0 Å². The molecule has 24 heavy (non-hydrogen) atoms. The molecule has 5 aliphatic carbocycles. The van der Waals surface area contributed by atoms with Crippen LogP contribution in [0, 0.1) is 46.3 Å². The molecule has 0 bridgehead atoms. The number of oxime groups is 1. The van der Waals surface area contributed by atoms with Crippen LogP contribution in [0.1, 0.15) is 58.8 Å². The summed E-state index contributed by atoms with van der Waals surface area (Å²) in [6, 6.07) is 0. The number of hydrogen-bond donors (Lipinski definition) is 2. The summed E-state index contributed by atoms with van der Waals surface area (Å²) in [4.78, 5) is 0. The molecule has 5 rings (SSSR count). The van der Waals surface area contributed by atoms with Crippen molar-refractivity contribution in [3.8, 4) is 0 Å². The molecule has 0 amide bonds. The number of hydrogen-bond acceptors (Lipinski definition) is 3. The molecule has 8 atom stereocenters. The Morgan fingerprint density at radius 1 is 1.33 bits per heavy atom. The lowest BCUT2D eigenvalue weighted by atomic mass is 9.47. The van der Waals surface area contributed by atoms with Crippen LogP contribution in [0.15, 0.2) is 16.8 Å². The molecule has 0 aliphatic heterocycles. The van der Waals surface area contributed by atoms with E-state index in [1.54, 1.807) is 5.57 Å². The smallest absolute Gasteiger partial charge is 0.0795 e. The highest BCUT2D eigenvalue weighted by molar-refractivity contribution is 5.96. The highest BCUT2D eigenvalue weighted by atomic mass is 16.4. The van der Waals surface area contributed by atoms with E-state index < -0.39 is 0 Å². The fourth-order valence-corrected chi connectivity index (χ4v) is 8.13. The van der Waals surface area contributed by atoms with Crippen molar-refractivity contribution in [2.75, 3.05) is 6.61 Å². The van der Waals surface area contributed by atoms with Gasteiger partial charge in [0.25, 0.3) is 0 Å². The minimum Gasteiger partial charge on any atom is -0.411 e. The number of aliphatic hydroxyl groups excluding tert-OH is 1. The van der Waals surface area contributed by atoms with Crippen LogP contribution in [0.5, 0.6) is 0 Å². The molecule has 4 saturated carbocycles. The van der Waals surface area contributed by atoms with E-state index in [-0.39, 0.29) is 5.41 Å². The molecule has 132 valence electrons. The Morgan fingerprint density at radius 2 is 2.17 bits per heavy atom. The van der Waals surface area contributed by atoms with Crippen molar-refractivity contribution in [2.24, 2.45) is 51.5 Å². The van der Waals surface area contributed by atoms with Gasteiger partial charge in [0.2, 0.25) is 0 Å². The Balaban J connectivity index is 1.49. The Bertz CT molecular complexity index is 621. The molecule has 3 nitrogen and oxygen atoms in total. The molecule has 5 aliphatic rings. The van der Waals surface area contributed by atoms with Crippen molar-refractivity contribution >= 4 is 5.71 Å². The number of rotatable bonds is 1. The van der Waals surface area contributed by atoms with E-state index >= 15 is 0 Å². The van der Waals surface area contributed by atoms with Gasteiger partial charge in [0.15, 0.2) is 0 Å². The predicted molar refractivity (Wildman–Crippen MR) is 93.9 cm³/mol. The Labute approximate surface area is 145 Å². The standard InChI is InChI=1S/C21H31NO2/c1-12-7-13-8-15(22-24)3-4-16(13)17-5-6-20(2)18(19(12)17)9-14-10-21(14,20)11-23/h8,12,14,16-19,23-24H,3-7,9-11H2,1-2H3/b22-15-/t12-,14-,16+,17-,18-,19-,20+,21-/m1/s1. The normalized spacial score (nSPS) is 56.8. The first-order valence-electron chi connectivity index (χ1n) is 10.1. The molecule has 0 saturated heterocycles. The number of nitrogens with zero attached hydrogens (tertiary/aromatic N) is 1. The summed E-state index contributed by atoms with van der Waals surface area (Å²) in [6.07, 6.45) is 10.8. The molecule has 2 N–H and O–H groups in total. The van der Waals surface area contributed by atoms with Gasteiger partial charge in [0.1, 0.15) is 0 Å². The molecule has 0 aromatic rings. The zero-order chi connectivity index (χ0) is 16.7. The Hall–Kier alpha value is -0.830. The van der Waals surface area contributed by atoms with Crippen LogP contribution in [0.3, 0.4) is 0 Å². The average Bonchev–Trinajstić information content (AvgIpc) is 3.25. The zero-order valence-electron chi connectivity index (χ0n) is 15.0. The van der Waals surface area contributed by atoms with Crippen LogP contribution in [-0.2, 0) is 0 Å². The van der Waals surface area contributed by atoms with Crippen molar-refractivity contribution in [1.82, 2.24) is 0 Å². The van der Waals surface area contributed by atoms with Crippen molar-refractivity contribution in [3.05, 3.63) is 11.6 Å². The van der Waals surface area contributed by atoms with E-state index in [1.165, 1.54) is 38.5 Å². The molecule has 0 radical (unpaired) electrons. The van der Waals surface area contributed by atoms with Gasteiger partial charge < -0.3 is 10.3 Å². The topological polar surface area (TPSA) is 52.8 Å². The molecule has 4 fully saturated rings. The summed E-state index contributed by atoms with van der Waals surface area (Å²) in [5.41, 5.74) is 3.11. The molecule has 0 aromatic heterocycles. The lowest BCUT2D eigenvalue weighted by molar-refractivity contribution is -0.0733. The Morgan fingerprint density at radius 3 is 2.92 bits per heavy atom. The third-order valence-corrected chi connectivity index (χ3v) is 9.36. The summed E-state index contributed by atoms with van der Waals surface area (Å²) < 4.78 is 0. The summed E-state index contributed by atoms with van der Waals surface area (Å²) in [5.74, 6) is 4.75. The van der Waals surface area contributed by atoms with Crippen LogP contribution in [-0.4, -0.2) is 22.6 Å². The maximum absolute atomic E-state index is 10.1. The first kappa shape index (κ1) is 15.4. The first-order chi connectivity index (χ1) is 11.5. The monoisotopic (exact) mass is 329 g/mol. The van der Waals surface area contributed by atoms with Gasteiger partial charge in [-0.3, -0.25) is 0 Å². The van der Waals surface area contributed by atoms with Gasteiger partial charge in [0.05, 0.1) is 5.71 Å². The number of aliphatic hydroxyl groups is 1. The lowest BCUT2D eigenvalue weighted by Crippen LogP contribution is -2.51. The third-order valence-electron chi connectivity index (χ3n) is 9.36. The predicted octanol–water partition coefficient (Wildman–Crippen LogP) is 4.24. The second-order valence-electron chi connectivity index (χ2n) is 9.89. The van der Waals surface area contributed by atoms with Gasteiger partial charge in [-0.2, -0.15) is 0 Å². The van der Waals surface area contributed by atoms with Gasteiger partial charge in [0, 0.05) is 12.0 Å². The van der Waals surface area contributed by atoms with Gasteiger partial charge in [-0.15, -0.1) is 0 Å². The van der Waals surface area contributed by atoms with Crippen LogP contribution in [0.4, 0.5) is 0 Å². The second-order valence-corrected chi connectivity index (χ2v) is 9.89. The summed E-state index contributed by atoms with van der Waals surface area (Å²) >= 11 is 0. The third kappa shape index (κ3) is 1.70. The van der Waals surface area contributed by atoms with Gasteiger partial charge in [-0.05, 0) is 91.9 Å². The highest BCUT2D eigenvalue weighted by Crippen LogP contribution is 2.79. The van der Waals surface area contributed by atoms with Crippen LogP contribution in [0.25, 0.3) is 0 Å². The van der Waals surface area contributed by atoms with E-state index in [2.05, 4.69) is 25.1 Å². The maximum atomic E-state index is 10.1. The molecule has 0 aromatic carbocycles. The van der Waals surface area contributed by atoms with Crippen molar-refractivity contribution in [3.63, 3.8) is 0 Å². The minimum atomic E-state index is 0.280. The minimum absolute atomic E-state index is 0.280. The van der Waals surface area contributed by atoms with Crippen molar-refractivity contribution in [1.29, 1.82) is 0 Å². The molecular formula is C21H31NO2. The molecular weight excluding hydrogens is 298 g/mol. The average molecular weight is 329 g/mol. The van der Waals surface area contributed by atoms with Crippen molar-refractivity contribution < 1.29 is 10.3 Å². The largest absolute Gasteiger partial charge is 0.411 e. The van der Waals surface area contributed by atoms with E-state index in [9.17, 15) is 5.11 Å². The van der Waals surface area contributed by atoms with E-state index in [0.29, 0.717) is 12.0 Å². The maximum Gasteiger partial charge on any atom is 0.0795 e. The first-order valence-corrected chi connectivity index (χ1v) is 10.1. The van der Waals surface area contributed by atoms with Gasteiger partial charge >= 0.3 is 0 Å². The summed E-state index contributed by atoms with van der Waals surface area (Å²) in [7, 11) is 0. The fourth-order valence-electron chi connectivity index (χ4n) is 8.13. The highest BCUT2D eigenvalue weighted by Gasteiger charge is 2.74. The van der Waals surface area contributed by atoms with Gasteiger partial charge in [-0.1, -0.05) is 24.6 Å². The number of fused-ring (bicyclic) bond motifs is 7. The zero-order valence-corrected chi connectivity index (χ0v) is 15.0. The lowest BCUT2D eigenvalue weighted by Gasteiger charge is -2.57. The van der Waals surface area contributed by atoms with E-state index in [1.807, 2.05) is 0 Å². The van der Waals surface area contributed by atoms with E-state index in [4.69, 9.17) is 5.21 Å². The quantitative estimate of drug-likeness (QED) is 0.558. The molecule has 3 heteroatoms. The molecule has 0 spiro atoms. The summed E-state index contributed by atoms with van der Waals surface area (Å²) in [6.45, 7) is 5.40. The van der Waals surface area contributed by atoms with Crippen molar-refractivity contribution in [2.45, 2.75) is 58.8 Å².